The molecule has 0 atom stereocenters. The Bertz CT molecular complexity index is 292. The van der Waals surface area contributed by atoms with Crippen LogP contribution in [0.25, 0.3) is 0 Å². The topological polar surface area (TPSA) is 20.2 Å². The fourth-order valence-electron chi connectivity index (χ4n) is 1.30. The van der Waals surface area contributed by atoms with Gasteiger partial charge in [-0.2, -0.15) is 0 Å². The maximum Gasteiger partial charge on any atom is 0.130 e. The zero-order valence-electron chi connectivity index (χ0n) is 7.56. The minimum atomic E-state index is 0.317. The summed E-state index contributed by atoms with van der Waals surface area (Å²) in [6.07, 6.45) is 0. The van der Waals surface area contributed by atoms with E-state index in [9.17, 15) is 5.11 Å². The number of rotatable bonds is 1. The summed E-state index contributed by atoms with van der Waals surface area (Å²) in [5, 5.41) is 9.36. The quantitative estimate of drug-likeness (QED) is 0.780. The van der Waals surface area contributed by atoms with Crippen molar-refractivity contribution in [3.8, 4) is 5.75 Å². The van der Waals surface area contributed by atoms with Gasteiger partial charge >= 0.3 is 0 Å². The third-order valence-electron chi connectivity index (χ3n) is 1.96. The molecular weight excluding hydrogens is 216 g/mol. The SMILES string of the molecule is Cc1cc(O)c(Br)cc1C(C)C. The maximum absolute atomic E-state index is 9.36. The van der Waals surface area contributed by atoms with Crippen molar-refractivity contribution in [3.63, 3.8) is 0 Å². The van der Waals surface area contributed by atoms with Crippen molar-refractivity contribution in [2.24, 2.45) is 0 Å². The van der Waals surface area contributed by atoms with Crippen LogP contribution in [0.1, 0.15) is 30.9 Å². The van der Waals surface area contributed by atoms with Crippen LogP contribution in [-0.2, 0) is 0 Å². The Morgan fingerprint density at radius 2 is 1.92 bits per heavy atom. The molecule has 0 bridgehead atoms. The smallest absolute Gasteiger partial charge is 0.130 e. The Morgan fingerprint density at radius 3 is 2.42 bits per heavy atom. The largest absolute Gasteiger partial charge is 0.507 e. The van der Waals surface area contributed by atoms with E-state index in [2.05, 4.69) is 29.8 Å². The molecule has 66 valence electrons. The number of halogens is 1. The van der Waals surface area contributed by atoms with Crippen molar-refractivity contribution >= 4 is 15.9 Å². The van der Waals surface area contributed by atoms with Crippen molar-refractivity contribution in [1.82, 2.24) is 0 Å². The van der Waals surface area contributed by atoms with Crippen LogP contribution in [0.2, 0.25) is 0 Å². The first-order valence-electron chi connectivity index (χ1n) is 4.01. The summed E-state index contributed by atoms with van der Waals surface area (Å²) in [5.41, 5.74) is 2.42. The summed E-state index contributed by atoms with van der Waals surface area (Å²) < 4.78 is 0.775. The van der Waals surface area contributed by atoms with E-state index in [4.69, 9.17) is 0 Å². The van der Waals surface area contributed by atoms with Crippen LogP contribution in [0, 0.1) is 6.92 Å². The van der Waals surface area contributed by atoms with Crippen molar-refractivity contribution in [2.45, 2.75) is 26.7 Å². The van der Waals surface area contributed by atoms with Gasteiger partial charge in [0.2, 0.25) is 0 Å². The van der Waals surface area contributed by atoms with Crippen LogP contribution < -0.4 is 0 Å². The third-order valence-corrected chi connectivity index (χ3v) is 2.59. The van der Waals surface area contributed by atoms with Crippen LogP contribution >= 0.6 is 15.9 Å². The van der Waals surface area contributed by atoms with E-state index in [0.717, 1.165) is 10.0 Å². The van der Waals surface area contributed by atoms with Crippen LogP contribution in [0.4, 0.5) is 0 Å². The number of phenolic OH excluding ortho intramolecular Hbond substituents is 1. The monoisotopic (exact) mass is 228 g/mol. The lowest BCUT2D eigenvalue weighted by Crippen LogP contribution is -1.91. The molecule has 1 rings (SSSR count). The fourth-order valence-corrected chi connectivity index (χ4v) is 1.66. The second-order valence-electron chi connectivity index (χ2n) is 3.31. The van der Waals surface area contributed by atoms with Gasteiger partial charge in [0.25, 0.3) is 0 Å². The van der Waals surface area contributed by atoms with Gasteiger partial charge in [0.1, 0.15) is 5.75 Å². The van der Waals surface area contributed by atoms with Crippen LogP contribution in [0.5, 0.6) is 5.75 Å². The van der Waals surface area contributed by atoms with Gasteiger partial charge in [-0.3, -0.25) is 0 Å². The summed E-state index contributed by atoms with van der Waals surface area (Å²) in [7, 11) is 0. The van der Waals surface area contributed by atoms with Gasteiger partial charge in [0, 0.05) is 0 Å². The Labute approximate surface area is 81.6 Å². The van der Waals surface area contributed by atoms with Crippen molar-refractivity contribution in [2.75, 3.05) is 0 Å². The van der Waals surface area contributed by atoms with Crippen LogP contribution in [-0.4, -0.2) is 5.11 Å². The van der Waals surface area contributed by atoms with Crippen LogP contribution in [0.3, 0.4) is 0 Å². The molecule has 12 heavy (non-hydrogen) atoms. The lowest BCUT2D eigenvalue weighted by molar-refractivity contribution is 0.471. The van der Waals surface area contributed by atoms with E-state index >= 15 is 0 Å². The summed E-state index contributed by atoms with van der Waals surface area (Å²) in [6.45, 7) is 6.30. The highest BCUT2D eigenvalue weighted by Crippen LogP contribution is 2.30. The lowest BCUT2D eigenvalue weighted by Gasteiger charge is -2.10. The first-order valence-corrected chi connectivity index (χ1v) is 4.80. The molecule has 0 aromatic heterocycles. The second-order valence-corrected chi connectivity index (χ2v) is 4.17. The molecule has 1 aromatic carbocycles. The molecule has 1 aromatic rings. The van der Waals surface area contributed by atoms with Gasteiger partial charge < -0.3 is 5.11 Å². The molecular formula is C10H13BrO. The molecule has 0 radical (unpaired) electrons. The summed E-state index contributed by atoms with van der Waals surface area (Å²) in [5.74, 6) is 0.818. The molecule has 1 N–H and O–H groups in total. The molecule has 0 aliphatic carbocycles. The Balaban J connectivity index is 3.23. The number of aryl methyl sites for hydroxylation is 1. The van der Waals surface area contributed by atoms with Gasteiger partial charge in [-0.15, -0.1) is 0 Å². The van der Waals surface area contributed by atoms with Crippen molar-refractivity contribution in [3.05, 3.63) is 27.7 Å². The molecule has 0 fully saturated rings. The number of hydrogen-bond donors (Lipinski definition) is 1. The highest BCUT2D eigenvalue weighted by Gasteiger charge is 2.06. The van der Waals surface area contributed by atoms with Gasteiger partial charge in [-0.25, -0.2) is 0 Å². The molecule has 0 unspecified atom stereocenters. The average molecular weight is 229 g/mol. The Kier molecular flexibility index (Phi) is 2.78. The minimum Gasteiger partial charge on any atom is -0.507 e. The van der Waals surface area contributed by atoms with Gasteiger partial charge in [0.05, 0.1) is 4.47 Å². The molecule has 0 spiro atoms. The fraction of sp³-hybridized carbons (Fsp3) is 0.400. The molecule has 0 saturated heterocycles. The molecule has 1 nitrogen and oxygen atoms in total. The molecule has 0 amide bonds. The van der Waals surface area contributed by atoms with Gasteiger partial charge in [-0.1, -0.05) is 13.8 Å². The molecule has 0 aliphatic rings. The number of aromatic hydroxyl groups is 1. The predicted octanol–water partition coefficient (Wildman–Crippen LogP) is 3.59. The summed E-state index contributed by atoms with van der Waals surface area (Å²) in [4.78, 5) is 0. The molecule has 0 aliphatic heterocycles. The number of hydrogen-bond acceptors (Lipinski definition) is 1. The Hall–Kier alpha value is -0.500. The second kappa shape index (κ2) is 3.48. The number of phenols is 1. The zero-order chi connectivity index (χ0) is 9.30. The van der Waals surface area contributed by atoms with E-state index < -0.39 is 0 Å². The minimum absolute atomic E-state index is 0.317. The first kappa shape index (κ1) is 9.59. The maximum atomic E-state index is 9.36. The van der Waals surface area contributed by atoms with Crippen molar-refractivity contribution < 1.29 is 5.11 Å². The van der Waals surface area contributed by atoms with Gasteiger partial charge in [-0.05, 0) is 52.0 Å². The van der Waals surface area contributed by atoms with Gasteiger partial charge in [0.15, 0.2) is 0 Å². The van der Waals surface area contributed by atoms with E-state index in [-0.39, 0.29) is 0 Å². The highest BCUT2D eigenvalue weighted by molar-refractivity contribution is 9.10. The molecule has 0 heterocycles. The standard InChI is InChI=1S/C10H13BrO/c1-6(2)8-5-9(11)10(12)4-7(8)3/h4-6,12H,1-3H3. The normalized spacial score (nSPS) is 10.8. The molecule has 2 heteroatoms. The lowest BCUT2D eigenvalue weighted by atomic mass is 9.98. The summed E-state index contributed by atoms with van der Waals surface area (Å²) in [6, 6.07) is 3.77. The molecule has 0 saturated carbocycles. The average Bonchev–Trinajstić information content (AvgIpc) is 1.96. The predicted molar refractivity (Wildman–Crippen MR) is 54.6 cm³/mol. The first-order chi connectivity index (χ1) is 5.52. The van der Waals surface area contributed by atoms with E-state index in [1.165, 1.54) is 5.56 Å². The van der Waals surface area contributed by atoms with E-state index in [1.807, 2.05) is 13.0 Å². The van der Waals surface area contributed by atoms with Crippen LogP contribution in [0.15, 0.2) is 16.6 Å². The van der Waals surface area contributed by atoms with E-state index in [1.54, 1.807) is 6.07 Å². The van der Waals surface area contributed by atoms with Crippen molar-refractivity contribution in [1.29, 1.82) is 0 Å². The summed E-state index contributed by atoms with van der Waals surface area (Å²) >= 11 is 3.30. The zero-order valence-corrected chi connectivity index (χ0v) is 9.14. The Morgan fingerprint density at radius 1 is 1.33 bits per heavy atom. The number of benzene rings is 1. The van der Waals surface area contributed by atoms with E-state index in [0.29, 0.717) is 11.7 Å². The third kappa shape index (κ3) is 1.81. The highest BCUT2D eigenvalue weighted by atomic mass is 79.9.